The Morgan fingerprint density at radius 2 is 1.93 bits per heavy atom. The normalized spacial score (nSPS) is 31.6. The third-order valence-electron chi connectivity index (χ3n) is 3.60. The lowest BCUT2D eigenvalue weighted by Crippen LogP contribution is -2.51. The van der Waals surface area contributed by atoms with E-state index in [1.165, 1.54) is 6.42 Å². The first-order valence-electron chi connectivity index (χ1n) is 6.03. The molecule has 2 N–H and O–H groups in total. The summed E-state index contributed by atoms with van der Waals surface area (Å²) >= 11 is 0. The number of likely N-dealkylation sites (N-methyl/N-ethyl adjacent to an activating group) is 1. The van der Waals surface area contributed by atoms with E-state index in [-0.39, 0.29) is 5.54 Å². The summed E-state index contributed by atoms with van der Waals surface area (Å²) in [5.74, 6) is 0. The van der Waals surface area contributed by atoms with Crippen LogP contribution >= 0.6 is 0 Å². The molecule has 3 nitrogen and oxygen atoms in total. The first-order chi connectivity index (χ1) is 6.86. The molecule has 0 aromatic rings. The van der Waals surface area contributed by atoms with Gasteiger partial charge in [0.15, 0.2) is 0 Å². The Morgan fingerprint density at radius 1 is 1.33 bits per heavy atom. The molecule has 15 heavy (non-hydrogen) atoms. The number of rotatable bonds is 1. The maximum Gasteiger partial charge on any atom is 0.0342 e. The van der Waals surface area contributed by atoms with E-state index in [1.54, 1.807) is 0 Å². The second-order valence-corrected chi connectivity index (χ2v) is 5.83. The van der Waals surface area contributed by atoms with Crippen LogP contribution < -0.4 is 5.73 Å². The van der Waals surface area contributed by atoms with Gasteiger partial charge in [-0.15, -0.1) is 0 Å². The summed E-state index contributed by atoms with van der Waals surface area (Å²) in [4.78, 5) is 5.00. The minimum atomic E-state index is 0.248. The van der Waals surface area contributed by atoms with Crippen molar-refractivity contribution < 1.29 is 0 Å². The largest absolute Gasteiger partial charge is 0.329 e. The van der Waals surface area contributed by atoms with Crippen LogP contribution in [0, 0.1) is 0 Å². The fourth-order valence-corrected chi connectivity index (χ4v) is 2.46. The average Bonchev–Trinajstić information content (AvgIpc) is 2.26. The summed E-state index contributed by atoms with van der Waals surface area (Å²) in [6.45, 7) is 12.2. The number of hydrogen-bond donors (Lipinski definition) is 1. The van der Waals surface area contributed by atoms with Gasteiger partial charge in [-0.3, -0.25) is 4.90 Å². The van der Waals surface area contributed by atoms with Crippen LogP contribution in [-0.2, 0) is 0 Å². The molecular formula is C12H27N3. The number of nitrogens with zero attached hydrogens (tertiary/aromatic N) is 2. The predicted octanol–water partition coefficient (Wildman–Crippen LogP) is 1.14. The number of nitrogens with two attached hydrogens (primary N) is 1. The summed E-state index contributed by atoms with van der Waals surface area (Å²) in [6.07, 6.45) is 1.24. The third kappa shape index (κ3) is 3.16. The molecule has 0 aliphatic carbocycles. The molecule has 1 aliphatic rings. The third-order valence-corrected chi connectivity index (χ3v) is 3.60. The molecule has 2 unspecified atom stereocenters. The smallest absolute Gasteiger partial charge is 0.0342 e. The minimum absolute atomic E-state index is 0.248. The van der Waals surface area contributed by atoms with Gasteiger partial charge in [-0.25, -0.2) is 0 Å². The summed E-state index contributed by atoms with van der Waals surface area (Å²) in [6, 6.07) is 1.16. The van der Waals surface area contributed by atoms with Gasteiger partial charge in [-0.05, 0) is 47.7 Å². The molecule has 1 fully saturated rings. The first kappa shape index (κ1) is 12.9. The molecule has 1 aliphatic heterocycles. The van der Waals surface area contributed by atoms with Crippen LogP contribution in [0.15, 0.2) is 0 Å². The van der Waals surface area contributed by atoms with Crippen LogP contribution in [0.3, 0.4) is 0 Å². The Labute approximate surface area is 94.6 Å². The van der Waals surface area contributed by atoms with Gasteiger partial charge in [-0.1, -0.05) is 0 Å². The van der Waals surface area contributed by atoms with Crippen molar-refractivity contribution in [2.45, 2.75) is 51.7 Å². The van der Waals surface area contributed by atoms with E-state index in [2.05, 4.69) is 44.5 Å². The Morgan fingerprint density at radius 3 is 2.40 bits per heavy atom. The van der Waals surface area contributed by atoms with Gasteiger partial charge < -0.3 is 10.6 Å². The zero-order valence-corrected chi connectivity index (χ0v) is 11.0. The van der Waals surface area contributed by atoms with Gasteiger partial charge >= 0.3 is 0 Å². The molecule has 0 saturated carbocycles. The fraction of sp³-hybridized carbons (Fsp3) is 1.00. The van der Waals surface area contributed by atoms with Crippen molar-refractivity contribution in [1.82, 2.24) is 9.80 Å². The highest BCUT2D eigenvalue weighted by molar-refractivity contribution is 4.89. The second-order valence-electron chi connectivity index (χ2n) is 5.83. The van der Waals surface area contributed by atoms with Crippen molar-refractivity contribution in [3.63, 3.8) is 0 Å². The Bertz CT molecular complexity index is 198. The lowest BCUT2D eigenvalue weighted by Gasteiger charge is -2.40. The Kier molecular flexibility index (Phi) is 4.15. The molecule has 1 saturated heterocycles. The lowest BCUT2D eigenvalue weighted by molar-refractivity contribution is 0.0822. The van der Waals surface area contributed by atoms with Gasteiger partial charge in [0.1, 0.15) is 0 Å². The zero-order valence-electron chi connectivity index (χ0n) is 11.0. The highest BCUT2D eigenvalue weighted by atomic mass is 15.3. The summed E-state index contributed by atoms with van der Waals surface area (Å²) in [7, 11) is 2.19. The topological polar surface area (TPSA) is 32.5 Å². The lowest BCUT2D eigenvalue weighted by atomic mass is 10.0. The molecule has 1 heterocycles. The van der Waals surface area contributed by atoms with Crippen molar-refractivity contribution in [3.8, 4) is 0 Å². The van der Waals surface area contributed by atoms with Gasteiger partial charge in [0.05, 0.1) is 0 Å². The van der Waals surface area contributed by atoms with Crippen molar-refractivity contribution in [2.75, 3.05) is 26.7 Å². The maximum atomic E-state index is 5.85. The van der Waals surface area contributed by atoms with E-state index < -0.39 is 0 Å². The van der Waals surface area contributed by atoms with Gasteiger partial charge in [0, 0.05) is 30.7 Å². The summed E-state index contributed by atoms with van der Waals surface area (Å²) in [5.41, 5.74) is 6.09. The molecule has 90 valence electrons. The zero-order chi connectivity index (χ0) is 11.6. The van der Waals surface area contributed by atoms with Crippen LogP contribution in [0.25, 0.3) is 0 Å². The molecule has 2 atom stereocenters. The highest BCUT2D eigenvalue weighted by Crippen LogP contribution is 2.22. The van der Waals surface area contributed by atoms with E-state index in [0.29, 0.717) is 12.1 Å². The fourth-order valence-electron chi connectivity index (χ4n) is 2.46. The molecule has 1 rings (SSSR count). The monoisotopic (exact) mass is 213 g/mol. The molecule has 0 aromatic carbocycles. The van der Waals surface area contributed by atoms with Gasteiger partial charge in [-0.2, -0.15) is 0 Å². The quantitative estimate of drug-likeness (QED) is 0.709. The number of hydrogen-bond acceptors (Lipinski definition) is 3. The van der Waals surface area contributed by atoms with Crippen LogP contribution in [0.4, 0.5) is 0 Å². The van der Waals surface area contributed by atoms with E-state index in [9.17, 15) is 0 Å². The first-order valence-corrected chi connectivity index (χ1v) is 6.03. The van der Waals surface area contributed by atoms with Gasteiger partial charge in [0.2, 0.25) is 0 Å². The minimum Gasteiger partial charge on any atom is -0.329 e. The van der Waals surface area contributed by atoms with Crippen LogP contribution in [-0.4, -0.2) is 54.1 Å². The van der Waals surface area contributed by atoms with Crippen LogP contribution in [0.1, 0.15) is 34.1 Å². The Hall–Kier alpha value is -0.120. The van der Waals surface area contributed by atoms with Crippen LogP contribution in [0.2, 0.25) is 0 Å². The second kappa shape index (κ2) is 4.81. The van der Waals surface area contributed by atoms with E-state index >= 15 is 0 Å². The van der Waals surface area contributed by atoms with E-state index in [1.807, 2.05) is 0 Å². The summed E-state index contributed by atoms with van der Waals surface area (Å²) < 4.78 is 0. The van der Waals surface area contributed by atoms with Gasteiger partial charge in [0.25, 0.3) is 0 Å². The molecule has 0 bridgehead atoms. The highest BCUT2D eigenvalue weighted by Gasteiger charge is 2.32. The molecule has 0 amide bonds. The Balaban J connectivity index is 2.77. The van der Waals surface area contributed by atoms with Crippen molar-refractivity contribution >= 4 is 0 Å². The molecule has 0 radical (unpaired) electrons. The standard InChI is InChI=1S/C12H27N3/c1-10-6-7-14(5)11(8-13)9-15(10)12(2,3)4/h10-11H,6-9,13H2,1-5H3. The molecule has 0 spiro atoms. The SMILES string of the molecule is CC1CCN(C)C(CN)CN1C(C)(C)C. The van der Waals surface area contributed by atoms with Crippen molar-refractivity contribution in [2.24, 2.45) is 5.73 Å². The van der Waals surface area contributed by atoms with Crippen LogP contribution in [0.5, 0.6) is 0 Å². The van der Waals surface area contributed by atoms with E-state index in [0.717, 1.165) is 19.6 Å². The molecule has 3 heteroatoms. The maximum absolute atomic E-state index is 5.85. The summed E-state index contributed by atoms with van der Waals surface area (Å²) in [5, 5.41) is 0. The van der Waals surface area contributed by atoms with E-state index in [4.69, 9.17) is 5.73 Å². The van der Waals surface area contributed by atoms with Crippen molar-refractivity contribution in [3.05, 3.63) is 0 Å². The average molecular weight is 213 g/mol. The predicted molar refractivity (Wildman–Crippen MR) is 66.0 cm³/mol. The van der Waals surface area contributed by atoms with Crippen molar-refractivity contribution in [1.29, 1.82) is 0 Å². The molecule has 0 aromatic heterocycles. The molecular weight excluding hydrogens is 186 g/mol.